The Labute approximate surface area is 296 Å². The number of hydrogen-bond donors (Lipinski definition) is 1. The van der Waals surface area contributed by atoms with Crippen molar-refractivity contribution in [2.75, 3.05) is 43.5 Å². The van der Waals surface area contributed by atoms with Crippen LogP contribution in [0.4, 0.5) is 11.6 Å². The number of nitrogens with zero attached hydrogens (tertiary/aromatic N) is 8. The van der Waals surface area contributed by atoms with Gasteiger partial charge in [0.2, 0.25) is 12.2 Å². The summed E-state index contributed by atoms with van der Waals surface area (Å²) in [4.78, 5) is 25.7. The van der Waals surface area contributed by atoms with E-state index < -0.39 is 0 Å². The number of aromatic nitrogens is 6. The number of anilines is 2. The zero-order valence-electron chi connectivity index (χ0n) is 31.6. The minimum Gasteiger partial charge on any atom is -0.381 e. The van der Waals surface area contributed by atoms with Gasteiger partial charge in [0.05, 0.1) is 34.7 Å². The first-order valence-corrected chi connectivity index (χ1v) is 18.4. The van der Waals surface area contributed by atoms with Gasteiger partial charge in [-0.25, -0.2) is 24.5 Å². The molecule has 3 aliphatic rings. The van der Waals surface area contributed by atoms with Crippen LogP contribution >= 0.6 is 0 Å². The van der Waals surface area contributed by atoms with Crippen LogP contribution in [0, 0.1) is 41.5 Å². The second-order valence-electron chi connectivity index (χ2n) is 15.1. The molecule has 12 heteroatoms. The molecule has 0 radical (unpaired) electrons. The minimum absolute atomic E-state index is 0.0540. The van der Waals surface area contributed by atoms with Crippen molar-refractivity contribution in [1.29, 1.82) is 0 Å². The van der Waals surface area contributed by atoms with Crippen molar-refractivity contribution in [3.8, 4) is 22.5 Å². The fourth-order valence-electron chi connectivity index (χ4n) is 7.60. The Morgan fingerprint density at radius 3 is 2.14 bits per heavy atom. The second-order valence-corrected chi connectivity index (χ2v) is 15.1. The summed E-state index contributed by atoms with van der Waals surface area (Å²) < 4.78 is 19.6. The number of nitrogens with one attached hydrogen (secondary N) is 1. The fourth-order valence-corrected chi connectivity index (χ4v) is 7.60. The molecule has 1 unspecified atom stereocenters. The van der Waals surface area contributed by atoms with Gasteiger partial charge < -0.3 is 19.5 Å². The van der Waals surface area contributed by atoms with Crippen LogP contribution in [0.15, 0.2) is 9.05 Å². The van der Waals surface area contributed by atoms with E-state index in [0.29, 0.717) is 12.6 Å². The van der Waals surface area contributed by atoms with Gasteiger partial charge in [-0.1, -0.05) is 19.0 Å². The van der Waals surface area contributed by atoms with Crippen LogP contribution in [0.2, 0.25) is 0 Å². The van der Waals surface area contributed by atoms with E-state index in [2.05, 4.69) is 61.8 Å². The topological polar surface area (TPSA) is 122 Å². The first-order chi connectivity index (χ1) is 23.9. The van der Waals surface area contributed by atoms with Crippen LogP contribution in [0.1, 0.15) is 104 Å². The predicted molar refractivity (Wildman–Crippen MR) is 193 cm³/mol. The molecule has 2 aliphatic carbocycles. The van der Waals surface area contributed by atoms with Crippen molar-refractivity contribution in [1.82, 2.24) is 30.0 Å². The molecule has 0 aromatic carbocycles. The Hall–Kier alpha value is -3.90. The molecule has 0 bridgehead atoms. The summed E-state index contributed by atoms with van der Waals surface area (Å²) in [6.07, 6.45) is 4.88. The highest BCUT2D eigenvalue weighted by atomic mass is 16.5. The molecule has 12 nitrogen and oxygen atoms in total. The van der Waals surface area contributed by atoms with Crippen LogP contribution in [0.3, 0.4) is 0 Å². The zero-order valence-corrected chi connectivity index (χ0v) is 31.6. The average molecular weight is 685 g/mol. The van der Waals surface area contributed by atoms with Crippen molar-refractivity contribution in [2.24, 2.45) is 0 Å². The molecule has 1 aliphatic heterocycles. The highest BCUT2D eigenvalue weighted by Crippen LogP contribution is 2.37. The standard InChI is InChI=1S/C38H54N9O3/c1-20(2)35-40-34(23(5)38(43-35)46-15-13-45(14-16-46)29-11-12-29)32-25(7)47(50-27(32)9)19-21(3)36-41-33(31-24(6)44-49-26(31)8)22(4)37(42-36)39-28-17-30(18-28)48-10/h20-21,28-30H,11-19H2,1-10H3,(H,39,41,42)/q+1. The van der Waals surface area contributed by atoms with Crippen LogP contribution in [-0.4, -0.2) is 81.5 Å². The van der Waals surface area contributed by atoms with Gasteiger partial charge in [0.15, 0.2) is 5.76 Å². The molecule has 3 fully saturated rings. The highest BCUT2D eigenvalue weighted by molar-refractivity contribution is 5.72. The number of aryl methyl sites for hydroxylation is 3. The third-order valence-corrected chi connectivity index (χ3v) is 11.0. The summed E-state index contributed by atoms with van der Waals surface area (Å²) in [5, 5.41) is 7.92. The number of piperazine rings is 1. The van der Waals surface area contributed by atoms with Gasteiger partial charge in [0, 0.05) is 76.3 Å². The maximum atomic E-state index is 6.52. The first kappa shape index (κ1) is 34.5. The smallest absolute Gasteiger partial charge is 0.238 e. The number of hydrogen-bond acceptors (Lipinski definition) is 11. The predicted octanol–water partition coefficient (Wildman–Crippen LogP) is 6.12. The molecule has 4 aromatic rings. The molecule has 5 heterocycles. The van der Waals surface area contributed by atoms with Crippen molar-refractivity contribution in [3.63, 3.8) is 0 Å². The Kier molecular flexibility index (Phi) is 9.44. The maximum Gasteiger partial charge on any atom is 0.238 e. The summed E-state index contributed by atoms with van der Waals surface area (Å²) in [5.74, 6) is 5.25. The number of ether oxygens (including phenoxy) is 1. The number of methoxy groups -OCH3 is 1. The lowest BCUT2D eigenvalue weighted by atomic mass is 9.89. The highest BCUT2D eigenvalue weighted by Gasteiger charge is 2.35. The van der Waals surface area contributed by atoms with Gasteiger partial charge in [-0.3, -0.25) is 4.90 Å². The van der Waals surface area contributed by atoms with Crippen LogP contribution < -0.4 is 15.0 Å². The summed E-state index contributed by atoms with van der Waals surface area (Å²) in [6, 6.07) is 1.10. The summed E-state index contributed by atoms with van der Waals surface area (Å²) >= 11 is 0. The zero-order chi connectivity index (χ0) is 35.4. The van der Waals surface area contributed by atoms with E-state index in [0.717, 1.165) is 125 Å². The molecule has 4 aromatic heterocycles. The monoisotopic (exact) mass is 684 g/mol. The third kappa shape index (κ3) is 6.52. The lowest BCUT2D eigenvalue weighted by Crippen LogP contribution is -2.47. The first-order valence-electron chi connectivity index (χ1n) is 18.4. The maximum absolute atomic E-state index is 6.52. The van der Waals surface area contributed by atoms with Gasteiger partial charge in [0.1, 0.15) is 34.6 Å². The lowest BCUT2D eigenvalue weighted by molar-refractivity contribution is -0.870. The quantitative estimate of drug-likeness (QED) is 0.184. The summed E-state index contributed by atoms with van der Waals surface area (Å²) in [7, 11) is 1.78. The van der Waals surface area contributed by atoms with Crippen molar-refractivity contribution < 1.29 is 18.5 Å². The molecular weight excluding hydrogens is 630 g/mol. The lowest BCUT2D eigenvalue weighted by Gasteiger charge is -2.36. The molecule has 1 N–H and O–H groups in total. The van der Waals surface area contributed by atoms with Gasteiger partial charge in [-0.15, -0.1) is 0 Å². The molecule has 2 saturated carbocycles. The van der Waals surface area contributed by atoms with E-state index in [1.54, 1.807) is 7.11 Å². The second kappa shape index (κ2) is 13.7. The Bertz CT molecular complexity index is 1840. The van der Waals surface area contributed by atoms with E-state index in [1.807, 2.05) is 25.5 Å². The van der Waals surface area contributed by atoms with Crippen molar-refractivity contribution in [3.05, 3.63) is 45.7 Å². The van der Waals surface area contributed by atoms with Crippen LogP contribution in [0.25, 0.3) is 22.5 Å². The Morgan fingerprint density at radius 1 is 0.840 bits per heavy atom. The molecule has 1 atom stereocenters. The molecule has 0 spiro atoms. The minimum atomic E-state index is -0.0540. The van der Waals surface area contributed by atoms with Crippen molar-refractivity contribution in [2.45, 2.75) is 125 Å². The molecule has 268 valence electrons. The van der Waals surface area contributed by atoms with Gasteiger partial charge in [-0.05, 0) is 65.0 Å². The normalized spacial score (nSPS) is 20.4. The van der Waals surface area contributed by atoms with Gasteiger partial charge >= 0.3 is 0 Å². The van der Waals surface area contributed by atoms with E-state index in [9.17, 15) is 0 Å². The third-order valence-electron chi connectivity index (χ3n) is 11.0. The van der Waals surface area contributed by atoms with E-state index in [1.165, 1.54) is 12.8 Å². The fraction of sp³-hybridized carbons (Fsp3) is 0.632. The van der Waals surface area contributed by atoms with Crippen molar-refractivity contribution >= 4 is 11.6 Å². The van der Waals surface area contributed by atoms with E-state index >= 15 is 0 Å². The molecular formula is C38H54N9O3+. The average Bonchev–Trinajstić information content (AvgIpc) is 3.82. The number of rotatable bonds is 11. The van der Waals surface area contributed by atoms with Crippen LogP contribution in [-0.2, 0) is 11.3 Å². The SMILES string of the molecule is COC1CC(Nc2nc(C(C)C[n+]3oc(C)c(-c4nc(C(C)C)nc(N5CCN(C6CC6)CC5)c4C)c3C)nc(-c3c(C)noc3C)c2C)C1. The Morgan fingerprint density at radius 2 is 1.52 bits per heavy atom. The van der Waals surface area contributed by atoms with E-state index in [4.69, 9.17) is 33.7 Å². The van der Waals surface area contributed by atoms with Gasteiger partial charge in [0.25, 0.3) is 0 Å². The summed E-state index contributed by atoms with van der Waals surface area (Å²) in [5.41, 5.74) is 7.72. The Balaban J connectivity index is 1.20. The molecule has 50 heavy (non-hydrogen) atoms. The van der Waals surface area contributed by atoms with Crippen LogP contribution in [0.5, 0.6) is 0 Å². The summed E-state index contributed by atoms with van der Waals surface area (Å²) in [6.45, 7) is 23.5. The molecule has 0 amide bonds. The van der Waals surface area contributed by atoms with Gasteiger partial charge in [-0.2, -0.15) is 0 Å². The molecule has 7 rings (SSSR count). The van der Waals surface area contributed by atoms with E-state index in [-0.39, 0.29) is 17.9 Å². The largest absolute Gasteiger partial charge is 0.381 e. The molecule has 1 saturated heterocycles.